The van der Waals surface area contributed by atoms with Gasteiger partial charge >= 0.3 is 23.9 Å². The van der Waals surface area contributed by atoms with Crippen molar-refractivity contribution in [3.63, 3.8) is 0 Å². The number of benzene rings is 3. The Morgan fingerprint density at radius 2 is 1.37 bits per heavy atom. The van der Waals surface area contributed by atoms with E-state index in [-0.39, 0.29) is 11.1 Å². The Kier molecular flexibility index (Phi) is 11.8. The van der Waals surface area contributed by atoms with E-state index in [4.69, 9.17) is 9.47 Å². The lowest BCUT2D eigenvalue weighted by Gasteiger charge is -2.39. The molecular formula is C41H46N2O8. The molecule has 10 heteroatoms. The molecule has 0 amide bonds. The number of unbranched alkanes of at least 4 members (excludes halogenated alkanes) is 2. The lowest BCUT2D eigenvalue weighted by atomic mass is 9.80. The summed E-state index contributed by atoms with van der Waals surface area (Å²) in [7, 11) is 2.29. The Hall–Kier alpha value is -5.22. The first-order chi connectivity index (χ1) is 24.4. The summed E-state index contributed by atoms with van der Waals surface area (Å²) in [5, 5.41) is 20.2. The third-order valence-electron chi connectivity index (χ3n) is 9.45. The van der Waals surface area contributed by atoms with Crippen LogP contribution in [0.1, 0.15) is 76.1 Å². The van der Waals surface area contributed by atoms with Crippen molar-refractivity contribution in [3.8, 4) is 0 Å². The summed E-state index contributed by atoms with van der Waals surface area (Å²) in [6, 6.07) is 19.5. The number of likely N-dealkylation sites (N-methyl/N-ethyl adjacent to an activating group) is 1. The average molecular weight is 695 g/mol. The monoisotopic (exact) mass is 694 g/mol. The number of esters is 2. The van der Waals surface area contributed by atoms with Gasteiger partial charge in [0.25, 0.3) is 0 Å². The number of carbonyl (C=O) groups is 4. The molecule has 51 heavy (non-hydrogen) atoms. The predicted octanol–water partition coefficient (Wildman–Crippen LogP) is 6.94. The molecule has 0 radical (unpaired) electrons. The van der Waals surface area contributed by atoms with Crippen LogP contribution in [-0.4, -0.2) is 75.4 Å². The van der Waals surface area contributed by atoms with Gasteiger partial charge in [-0.25, -0.2) is 19.2 Å². The predicted molar refractivity (Wildman–Crippen MR) is 195 cm³/mol. The largest absolute Gasteiger partial charge is 0.478 e. The molecule has 0 saturated heterocycles. The fourth-order valence-corrected chi connectivity index (χ4v) is 6.81. The van der Waals surface area contributed by atoms with Gasteiger partial charge in [-0.2, -0.15) is 0 Å². The van der Waals surface area contributed by atoms with Gasteiger partial charge in [0.1, 0.15) is 0 Å². The normalized spacial score (nSPS) is 17.6. The van der Waals surface area contributed by atoms with E-state index in [1.165, 1.54) is 73.0 Å². The molecule has 2 aliphatic rings. The molecule has 0 bridgehead atoms. The number of carboxylic acids is 2. The van der Waals surface area contributed by atoms with Crippen LogP contribution in [0.25, 0.3) is 16.5 Å². The minimum atomic E-state index is -2.22. The average Bonchev–Trinajstić information content (AvgIpc) is 3.45. The number of hydrogen-bond donors (Lipinski definition) is 2. The Balaban J connectivity index is 0.000000201. The summed E-state index contributed by atoms with van der Waals surface area (Å²) < 4.78 is 12.1. The lowest BCUT2D eigenvalue weighted by molar-refractivity contribution is -0.166. The van der Waals surface area contributed by atoms with Crippen LogP contribution in [-0.2, 0) is 32.0 Å². The van der Waals surface area contributed by atoms with Crippen molar-refractivity contribution in [2.24, 2.45) is 5.92 Å². The Labute approximate surface area is 298 Å². The zero-order valence-corrected chi connectivity index (χ0v) is 29.8. The maximum atomic E-state index is 12.2. The van der Waals surface area contributed by atoms with Crippen molar-refractivity contribution in [1.82, 2.24) is 9.47 Å². The van der Waals surface area contributed by atoms with Gasteiger partial charge in [0.05, 0.1) is 11.1 Å². The van der Waals surface area contributed by atoms with Crippen LogP contribution in [0.5, 0.6) is 0 Å². The number of aryl methyl sites for hydroxylation is 3. The van der Waals surface area contributed by atoms with Crippen LogP contribution in [0.15, 0.2) is 79.0 Å². The zero-order chi connectivity index (χ0) is 36.8. The summed E-state index contributed by atoms with van der Waals surface area (Å²) in [4.78, 5) is 49.9. The molecule has 3 unspecified atom stereocenters. The molecule has 0 spiro atoms. The second-order valence-electron chi connectivity index (χ2n) is 13.6. The number of rotatable bonds is 11. The third kappa shape index (κ3) is 8.57. The molecule has 4 aromatic rings. The van der Waals surface area contributed by atoms with E-state index in [2.05, 4.69) is 60.8 Å². The van der Waals surface area contributed by atoms with Crippen LogP contribution in [0.3, 0.4) is 0 Å². The van der Waals surface area contributed by atoms with Gasteiger partial charge in [0.2, 0.25) is 12.2 Å². The molecule has 0 saturated carbocycles. The van der Waals surface area contributed by atoms with Crippen molar-refractivity contribution in [3.05, 3.63) is 112 Å². The quantitative estimate of drug-likeness (QED) is 0.126. The molecule has 6 rings (SSSR count). The van der Waals surface area contributed by atoms with E-state index in [1.807, 2.05) is 0 Å². The number of aliphatic carboxylic acids is 2. The molecule has 268 valence electrons. The highest BCUT2D eigenvalue weighted by Gasteiger charge is 2.41. The van der Waals surface area contributed by atoms with Gasteiger partial charge in [0, 0.05) is 36.2 Å². The number of carboxylic acid groups (broad SMARTS) is 2. The molecule has 1 aliphatic carbocycles. The zero-order valence-electron chi connectivity index (χ0n) is 29.8. The van der Waals surface area contributed by atoms with Gasteiger partial charge in [-0.05, 0) is 86.7 Å². The van der Waals surface area contributed by atoms with Gasteiger partial charge in [-0.1, -0.05) is 80.3 Å². The third-order valence-corrected chi connectivity index (χ3v) is 9.45. The standard InChI is InChI=1S/C21H28N2.C20H18O8/c1-4-5-6-10-23-14-16-12-20-18(11-15(2)13-22(20)3)17-8-7-9-19(23)21(16)17;1-11-3-7-13(8-4-11)19(25)27-15(17(21)22)16(18(23)24)28-20(26)14-9-5-12(2)6-10-14/h7-9,11,14-15,20H,4-6,10,12-13H2,1-3H3;3-10,15-16H,1-2H3,(H,21,22)(H,23,24)/t15?,20-;/m1./s1. The van der Waals surface area contributed by atoms with Crippen molar-refractivity contribution in [2.45, 2.75) is 78.2 Å². The van der Waals surface area contributed by atoms with E-state index in [1.54, 1.807) is 49.2 Å². The minimum Gasteiger partial charge on any atom is -0.478 e. The van der Waals surface area contributed by atoms with E-state index >= 15 is 0 Å². The number of aromatic nitrogens is 1. The van der Waals surface area contributed by atoms with Gasteiger partial charge in [0.15, 0.2) is 0 Å². The Morgan fingerprint density at radius 3 is 1.88 bits per heavy atom. The fraction of sp³-hybridized carbons (Fsp3) is 0.366. The highest BCUT2D eigenvalue weighted by molar-refractivity contribution is 5.99. The molecule has 1 aromatic heterocycles. The molecule has 10 nitrogen and oxygen atoms in total. The van der Waals surface area contributed by atoms with Crippen LogP contribution >= 0.6 is 0 Å². The molecular weight excluding hydrogens is 648 g/mol. The second kappa shape index (κ2) is 16.2. The maximum Gasteiger partial charge on any atom is 0.349 e. The topological polar surface area (TPSA) is 135 Å². The summed E-state index contributed by atoms with van der Waals surface area (Å²) >= 11 is 0. The molecule has 0 fully saturated rings. The highest BCUT2D eigenvalue weighted by atomic mass is 16.6. The Bertz CT molecular complexity index is 1850. The smallest absolute Gasteiger partial charge is 0.349 e. The number of nitrogens with zero attached hydrogens (tertiary/aromatic N) is 2. The fourth-order valence-electron chi connectivity index (χ4n) is 6.81. The number of carbonyl (C=O) groups excluding carboxylic acids is 2. The van der Waals surface area contributed by atoms with E-state index < -0.39 is 36.1 Å². The van der Waals surface area contributed by atoms with Gasteiger partial charge in [-0.3, -0.25) is 4.90 Å². The van der Waals surface area contributed by atoms with Crippen molar-refractivity contribution in [2.75, 3.05) is 13.6 Å². The second-order valence-corrected chi connectivity index (χ2v) is 13.6. The Morgan fingerprint density at radius 1 is 0.824 bits per heavy atom. The number of ether oxygens (including phenoxy) is 2. The van der Waals surface area contributed by atoms with Crippen LogP contribution < -0.4 is 0 Å². The minimum absolute atomic E-state index is 0.0332. The highest BCUT2D eigenvalue weighted by Crippen LogP contribution is 2.41. The van der Waals surface area contributed by atoms with Crippen molar-refractivity contribution in [1.29, 1.82) is 0 Å². The summed E-state index contributed by atoms with van der Waals surface area (Å²) in [6.07, 6.45) is 5.58. The maximum absolute atomic E-state index is 12.2. The first-order valence-electron chi connectivity index (χ1n) is 17.4. The van der Waals surface area contributed by atoms with E-state index in [0.29, 0.717) is 12.0 Å². The molecule has 1 aliphatic heterocycles. The molecule has 3 aromatic carbocycles. The first-order valence-corrected chi connectivity index (χ1v) is 17.4. The summed E-state index contributed by atoms with van der Waals surface area (Å²) in [6.45, 7) is 10.5. The van der Waals surface area contributed by atoms with Crippen molar-refractivity contribution < 1.29 is 38.9 Å². The van der Waals surface area contributed by atoms with Crippen LogP contribution in [0.2, 0.25) is 0 Å². The van der Waals surface area contributed by atoms with Gasteiger partial charge in [-0.15, -0.1) is 0 Å². The first kappa shape index (κ1) is 37.0. The molecule has 2 N–H and O–H groups in total. The summed E-state index contributed by atoms with van der Waals surface area (Å²) in [5.74, 6) is -4.97. The molecule has 2 heterocycles. The summed E-state index contributed by atoms with van der Waals surface area (Å²) in [5.41, 5.74) is 7.83. The lowest BCUT2D eigenvalue weighted by Crippen LogP contribution is -2.45. The van der Waals surface area contributed by atoms with Crippen LogP contribution in [0, 0.1) is 19.8 Å². The van der Waals surface area contributed by atoms with Crippen molar-refractivity contribution >= 4 is 40.4 Å². The molecule has 4 atom stereocenters. The van der Waals surface area contributed by atoms with Gasteiger partial charge < -0.3 is 24.3 Å². The van der Waals surface area contributed by atoms with E-state index in [9.17, 15) is 29.4 Å². The number of hydrogen-bond acceptors (Lipinski definition) is 7. The van der Waals surface area contributed by atoms with Crippen LogP contribution in [0.4, 0.5) is 0 Å². The number of fused-ring (bicyclic) bond motifs is 2. The SMILES string of the molecule is CCCCCn1cc2c3c(cccc31)C1=CC(C)CN(C)[C@@H]1C2.Cc1ccc(C(=O)OC(C(=O)O)C(OC(=O)c2ccc(C)cc2)C(=O)O)cc1. The van der Waals surface area contributed by atoms with E-state index in [0.717, 1.165) is 17.7 Å².